The van der Waals surface area contributed by atoms with Crippen LogP contribution < -0.4 is 0 Å². The number of rotatable bonds is 2. The second kappa shape index (κ2) is 3.99. The molecule has 0 saturated carbocycles. The van der Waals surface area contributed by atoms with Crippen LogP contribution in [0.3, 0.4) is 0 Å². The van der Waals surface area contributed by atoms with Gasteiger partial charge in [0.2, 0.25) is 0 Å². The Labute approximate surface area is 98.2 Å². The van der Waals surface area contributed by atoms with E-state index in [1.165, 1.54) is 0 Å². The third kappa shape index (κ3) is 1.79. The summed E-state index contributed by atoms with van der Waals surface area (Å²) in [6.45, 7) is 0.0168. The number of fused-ring (bicyclic) bond motifs is 1. The monoisotopic (exact) mass is 225 g/mol. The lowest BCUT2D eigenvalue weighted by Crippen LogP contribution is -1.87. The number of hydrogen-bond donors (Lipinski definition) is 1. The number of aromatic nitrogens is 3. The minimum Gasteiger partial charge on any atom is -0.392 e. The van der Waals surface area contributed by atoms with Crippen molar-refractivity contribution in [3.8, 4) is 11.4 Å². The average Bonchev–Trinajstić information content (AvgIpc) is 2.82. The molecule has 0 amide bonds. The summed E-state index contributed by atoms with van der Waals surface area (Å²) in [7, 11) is 0. The van der Waals surface area contributed by atoms with Gasteiger partial charge in [0.25, 0.3) is 0 Å². The fourth-order valence-electron chi connectivity index (χ4n) is 1.77. The first-order valence-electron chi connectivity index (χ1n) is 5.37. The fourth-order valence-corrected chi connectivity index (χ4v) is 1.77. The van der Waals surface area contributed by atoms with Crippen LogP contribution in [0.1, 0.15) is 5.56 Å². The maximum atomic E-state index is 9.10. The number of hydrogen-bond acceptors (Lipinski definition) is 3. The molecule has 3 rings (SSSR count). The summed E-state index contributed by atoms with van der Waals surface area (Å²) in [5, 5.41) is 9.10. The average molecular weight is 225 g/mol. The van der Waals surface area contributed by atoms with E-state index >= 15 is 0 Å². The van der Waals surface area contributed by atoms with Crippen LogP contribution in [0.15, 0.2) is 48.9 Å². The van der Waals surface area contributed by atoms with Crippen LogP contribution in [-0.2, 0) is 6.61 Å². The predicted octanol–water partition coefficient (Wildman–Crippen LogP) is 1.89. The Bertz CT molecular complexity index is 627. The first kappa shape index (κ1) is 9.99. The van der Waals surface area contributed by atoms with Gasteiger partial charge in [-0.15, -0.1) is 0 Å². The van der Waals surface area contributed by atoms with Gasteiger partial charge in [-0.25, -0.2) is 4.98 Å². The molecule has 84 valence electrons. The molecule has 3 heterocycles. The number of imidazole rings is 1. The molecule has 4 nitrogen and oxygen atoms in total. The van der Waals surface area contributed by atoms with Crippen LogP contribution in [0.5, 0.6) is 0 Å². The van der Waals surface area contributed by atoms with Crippen molar-refractivity contribution in [3.63, 3.8) is 0 Å². The highest BCUT2D eigenvalue weighted by atomic mass is 16.3. The lowest BCUT2D eigenvalue weighted by atomic mass is 10.2. The van der Waals surface area contributed by atoms with Gasteiger partial charge in [0, 0.05) is 18.6 Å². The number of nitrogens with zero attached hydrogens (tertiary/aromatic N) is 3. The van der Waals surface area contributed by atoms with Crippen LogP contribution in [-0.4, -0.2) is 19.5 Å². The topological polar surface area (TPSA) is 50.4 Å². The minimum absolute atomic E-state index is 0.0168. The van der Waals surface area contributed by atoms with Crippen molar-refractivity contribution >= 4 is 5.65 Å². The molecule has 0 radical (unpaired) electrons. The van der Waals surface area contributed by atoms with Crippen LogP contribution in [0.4, 0.5) is 0 Å². The molecular formula is C13H11N3O. The lowest BCUT2D eigenvalue weighted by Gasteiger charge is -1.98. The van der Waals surface area contributed by atoms with Gasteiger partial charge in [-0.05, 0) is 29.8 Å². The first-order chi connectivity index (χ1) is 8.36. The highest BCUT2D eigenvalue weighted by molar-refractivity contribution is 5.59. The SMILES string of the molecule is OCc1ccnc(-c2cn3ccccc3n2)c1. The zero-order valence-corrected chi connectivity index (χ0v) is 9.11. The van der Waals surface area contributed by atoms with Crippen molar-refractivity contribution in [3.05, 3.63) is 54.5 Å². The molecule has 17 heavy (non-hydrogen) atoms. The van der Waals surface area contributed by atoms with E-state index in [-0.39, 0.29) is 6.61 Å². The molecule has 0 saturated heterocycles. The predicted molar refractivity (Wildman–Crippen MR) is 64.3 cm³/mol. The Morgan fingerprint density at radius 1 is 1.18 bits per heavy atom. The largest absolute Gasteiger partial charge is 0.392 e. The minimum atomic E-state index is 0.0168. The molecule has 0 aliphatic rings. The molecule has 0 aliphatic carbocycles. The van der Waals surface area contributed by atoms with E-state index in [1.54, 1.807) is 12.3 Å². The van der Waals surface area contributed by atoms with E-state index in [0.717, 1.165) is 22.6 Å². The molecular weight excluding hydrogens is 214 g/mol. The molecule has 3 aromatic heterocycles. The van der Waals surface area contributed by atoms with Gasteiger partial charge < -0.3 is 9.51 Å². The molecule has 0 aliphatic heterocycles. The van der Waals surface area contributed by atoms with Crippen molar-refractivity contribution in [2.45, 2.75) is 6.61 Å². The molecule has 0 aromatic carbocycles. The zero-order chi connectivity index (χ0) is 11.7. The van der Waals surface area contributed by atoms with Crippen LogP contribution in [0.25, 0.3) is 17.0 Å². The molecule has 0 unspecified atom stereocenters. The normalized spacial score (nSPS) is 10.9. The van der Waals surface area contributed by atoms with Crippen LogP contribution in [0.2, 0.25) is 0 Å². The highest BCUT2D eigenvalue weighted by Gasteiger charge is 2.05. The van der Waals surface area contributed by atoms with Crippen molar-refractivity contribution in [1.82, 2.24) is 14.4 Å². The molecule has 0 bridgehead atoms. The molecule has 3 aromatic rings. The summed E-state index contributed by atoms with van der Waals surface area (Å²) in [5.74, 6) is 0. The Kier molecular flexibility index (Phi) is 2.34. The van der Waals surface area contributed by atoms with E-state index in [9.17, 15) is 0 Å². The van der Waals surface area contributed by atoms with E-state index in [1.807, 2.05) is 41.1 Å². The Morgan fingerprint density at radius 2 is 2.12 bits per heavy atom. The summed E-state index contributed by atoms with van der Waals surface area (Å²) in [6.07, 6.45) is 5.56. The van der Waals surface area contributed by atoms with Crippen LogP contribution in [0, 0.1) is 0 Å². The second-order valence-corrected chi connectivity index (χ2v) is 3.80. The summed E-state index contributed by atoms with van der Waals surface area (Å²) >= 11 is 0. The first-order valence-corrected chi connectivity index (χ1v) is 5.37. The molecule has 0 fully saturated rings. The summed E-state index contributed by atoms with van der Waals surface area (Å²) in [6, 6.07) is 9.49. The number of pyridine rings is 2. The maximum absolute atomic E-state index is 9.10. The van der Waals surface area contributed by atoms with E-state index in [4.69, 9.17) is 5.11 Å². The van der Waals surface area contributed by atoms with Gasteiger partial charge in [0.05, 0.1) is 12.3 Å². The molecule has 0 atom stereocenters. The van der Waals surface area contributed by atoms with Gasteiger partial charge in [0.15, 0.2) is 0 Å². The Morgan fingerprint density at radius 3 is 2.94 bits per heavy atom. The van der Waals surface area contributed by atoms with Crippen molar-refractivity contribution < 1.29 is 5.11 Å². The Balaban J connectivity index is 2.13. The smallest absolute Gasteiger partial charge is 0.137 e. The van der Waals surface area contributed by atoms with E-state index in [2.05, 4.69) is 9.97 Å². The molecule has 4 heteroatoms. The van der Waals surface area contributed by atoms with Crippen LogP contribution >= 0.6 is 0 Å². The highest BCUT2D eigenvalue weighted by Crippen LogP contribution is 2.17. The van der Waals surface area contributed by atoms with Gasteiger partial charge in [0.1, 0.15) is 11.3 Å². The second-order valence-electron chi connectivity index (χ2n) is 3.80. The third-order valence-corrected chi connectivity index (χ3v) is 2.63. The Hall–Kier alpha value is -2.20. The van der Waals surface area contributed by atoms with Gasteiger partial charge in [-0.3, -0.25) is 4.98 Å². The molecule has 0 spiro atoms. The maximum Gasteiger partial charge on any atom is 0.137 e. The third-order valence-electron chi connectivity index (χ3n) is 2.63. The number of aliphatic hydroxyl groups is 1. The van der Waals surface area contributed by atoms with Crippen molar-refractivity contribution in [2.75, 3.05) is 0 Å². The van der Waals surface area contributed by atoms with E-state index < -0.39 is 0 Å². The molecule has 1 N–H and O–H groups in total. The number of aliphatic hydroxyl groups excluding tert-OH is 1. The van der Waals surface area contributed by atoms with Gasteiger partial charge in [-0.2, -0.15) is 0 Å². The lowest BCUT2D eigenvalue weighted by molar-refractivity contribution is 0.282. The zero-order valence-electron chi connectivity index (χ0n) is 9.11. The quantitative estimate of drug-likeness (QED) is 0.724. The standard InChI is InChI=1S/C13H11N3O/c17-9-10-4-5-14-11(7-10)12-8-16-6-2-1-3-13(16)15-12/h1-8,17H,9H2. The summed E-state index contributed by atoms with van der Waals surface area (Å²) < 4.78 is 1.95. The van der Waals surface area contributed by atoms with Gasteiger partial charge in [-0.1, -0.05) is 6.07 Å². The van der Waals surface area contributed by atoms with Gasteiger partial charge >= 0.3 is 0 Å². The summed E-state index contributed by atoms with van der Waals surface area (Å²) in [5.41, 5.74) is 3.32. The fraction of sp³-hybridized carbons (Fsp3) is 0.0769. The van der Waals surface area contributed by atoms with Crippen molar-refractivity contribution in [2.24, 2.45) is 0 Å². The van der Waals surface area contributed by atoms with Crippen molar-refractivity contribution in [1.29, 1.82) is 0 Å². The van der Waals surface area contributed by atoms with E-state index in [0.29, 0.717) is 0 Å². The summed E-state index contributed by atoms with van der Waals surface area (Å²) in [4.78, 5) is 8.74.